The fourth-order valence-corrected chi connectivity index (χ4v) is 3.04. The SMILES string of the molecule is CCn1c(C(C)(C)C)c(N)c(=O)n1-c1ccc(Cl)cc1Cl. The van der Waals surface area contributed by atoms with Crippen molar-refractivity contribution in [3.63, 3.8) is 0 Å². The van der Waals surface area contributed by atoms with Gasteiger partial charge in [-0.3, -0.25) is 9.48 Å². The summed E-state index contributed by atoms with van der Waals surface area (Å²) in [6.45, 7) is 8.65. The second-order valence-corrected chi connectivity index (χ2v) is 6.78. The molecule has 21 heavy (non-hydrogen) atoms. The molecule has 2 aromatic rings. The van der Waals surface area contributed by atoms with E-state index in [9.17, 15) is 4.79 Å². The summed E-state index contributed by atoms with van der Waals surface area (Å²) in [4.78, 5) is 12.6. The minimum Gasteiger partial charge on any atom is -0.393 e. The van der Waals surface area contributed by atoms with Crippen LogP contribution in [-0.4, -0.2) is 9.36 Å². The van der Waals surface area contributed by atoms with E-state index < -0.39 is 0 Å². The standard InChI is InChI=1S/C15H19Cl2N3O/c1-5-19-13(15(2,3)4)12(18)14(21)20(19)11-7-6-9(16)8-10(11)17/h6-8H,5,18H2,1-4H3. The average Bonchev–Trinajstić information content (AvgIpc) is 2.62. The Kier molecular flexibility index (Phi) is 4.13. The Bertz CT molecular complexity index is 739. The molecule has 1 aromatic carbocycles. The molecule has 0 fully saturated rings. The molecular weight excluding hydrogens is 309 g/mol. The monoisotopic (exact) mass is 327 g/mol. The highest BCUT2D eigenvalue weighted by Gasteiger charge is 2.27. The molecule has 0 spiro atoms. The summed E-state index contributed by atoms with van der Waals surface area (Å²) in [5.74, 6) is 0. The van der Waals surface area contributed by atoms with Gasteiger partial charge in [0.25, 0.3) is 5.56 Å². The molecule has 0 saturated carbocycles. The van der Waals surface area contributed by atoms with Gasteiger partial charge in [0.05, 0.1) is 16.4 Å². The van der Waals surface area contributed by atoms with E-state index in [1.807, 2.05) is 32.4 Å². The molecule has 114 valence electrons. The van der Waals surface area contributed by atoms with Crippen LogP contribution in [-0.2, 0) is 12.0 Å². The van der Waals surface area contributed by atoms with Crippen LogP contribution in [0.3, 0.4) is 0 Å². The van der Waals surface area contributed by atoms with E-state index in [0.717, 1.165) is 5.69 Å². The molecule has 0 bridgehead atoms. The summed E-state index contributed by atoms with van der Waals surface area (Å²) >= 11 is 12.2. The van der Waals surface area contributed by atoms with Gasteiger partial charge in [0.1, 0.15) is 5.69 Å². The van der Waals surface area contributed by atoms with Gasteiger partial charge in [-0.2, -0.15) is 0 Å². The molecule has 2 N–H and O–H groups in total. The van der Waals surface area contributed by atoms with E-state index in [4.69, 9.17) is 28.9 Å². The van der Waals surface area contributed by atoms with Crippen molar-refractivity contribution in [2.75, 3.05) is 5.73 Å². The van der Waals surface area contributed by atoms with E-state index in [1.165, 1.54) is 4.68 Å². The van der Waals surface area contributed by atoms with E-state index in [1.54, 1.807) is 18.2 Å². The summed E-state index contributed by atoms with van der Waals surface area (Å²) < 4.78 is 3.39. The van der Waals surface area contributed by atoms with Crippen LogP contribution < -0.4 is 11.3 Å². The minimum atomic E-state index is -0.258. The lowest BCUT2D eigenvalue weighted by atomic mass is 9.91. The fourth-order valence-electron chi connectivity index (χ4n) is 2.55. The van der Waals surface area contributed by atoms with E-state index in [-0.39, 0.29) is 16.7 Å². The molecule has 0 saturated heterocycles. The number of nitrogen functional groups attached to an aromatic ring is 1. The molecule has 4 nitrogen and oxygen atoms in total. The van der Waals surface area contributed by atoms with Crippen LogP contribution in [0.1, 0.15) is 33.4 Å². The summed E-state index contributed by atoms with van der Waals surface area (Å²) in [7, 11) is 0. The predicted molar refractivity (Wildman–Crippen MR) is 88.8 cm³/mol. The lowest BCUT2D eigenvalue weighted by Crippen LogP contribution is -2.24. The first-order valence-corrected chi connectivity index (χ1v) is 7.51. The van der Waals surface area contributed by atoms with Gasteiger partial charge < -0.3 is 5.73 Å². The molecule has 1 heterocycles. The number of hydrogen-bond donors (Lipinski definition) is 1. The van der Waals surface area contributed by atoms with E-state index in [2.05, 4.69) is 0 Å². The van der Waals surface area contributed by atoms with Crippen LogP contribution in [0, 0.1) is 0 Å². The summed E-state index contributed by atoms with van der Waals surface area (Å²) in [6, 6.07) is 5.05. The number of hydrogen-bond acceptors (Lipinski definition) is 2. The second kappa shape index (κ2) is 5.43. The van der Waals surface area contributed by atoms with Gasteiger partial charge in [-0.1, -0.05) is 44.0 Å². The largest absolute Gasteiger partial charge is 0.393 e. The molecule has 0 amide bonds. The number of rotatable bonds is 2. The molecule has 0 unspecified atom stereocenters. The van der Waals surface area contributed by atoms with Crippen LogP contribution in [0.4, 0.5) is 5.69 Å². The number of benzene rings is 1. The van der Waals surface area contributed by atoms with E-state index in [0.29, 0.717) is 22.3 Å². The Labute approximate surface area is 134 Å². The average molecular weight is 328 g/mol. The first-order chi connectivity index (χ1) is 9.68. The number of halogens is 2. The van der Waals surface area contributed by atoms with Crippen molar-refractivity contribution in [2.24, 2.45) is 0 Å². The lowest BCUT2D eigenvalue weighted by Gasteiger charge is -2.23. The van der Waals surface area contributed by atoms with Crippen molar-refractivity contribution >= 4 is 28.9 Å². The van der Waals surface area contributed by atoms with Crippen LogP contribution >= 0.6 is 23.2 Å². The maximum absolute atomic E-state index is 12.6. The highest BCUT2D eigenvalue weighted by molar-refractivity contribution is 6.35. The molecule has 0 aliphatic rings. The molecule has 0 aliphatic heterocycles. The predicted octanol–water partition coefficient (Wildman–Crippen LogP) is 3.85. The number of nitrogens with zero attached hydrogens (tertiary/aromatic N) is 2. The number of nitrogens with two attached hydrogens (primary N) is 1. The first kappa shape index (κ1) is 16.0. The van der Waals surface area contributed by atoms with Gasteiger partial charge in [0, 0.05) is 17.0 Å². The quantitative estimate of drug-likeness (QED) is 0.910. The van der Waals surface area contributed by atoms with Crippen LogP contribution in [0.15, 0.2) is 23.0 Å². The Hall–Kier alpha value is -1.39. The van der Waals surface area contributed by atoms with Gasteiger partial charge in [-0.05, 0) is 25.1 Å². The lowest BCUT2D eigenvalue weighted by molar-refractivity contribution is 0.470. The molecule has 0 atom stereocenters. The summed E-state index contributed by atoms with van der Waals surface area (Å²) in [6.07, 6.45) is 0. The third kappa shape index (κ3) is 2.70. The zero-order valence-electron chi connectivity index (χ0n) is 12.6. The maximum atomic E-state index is 12.6. The molecule has 0 aliphatic carbocycles. The van der Waals surface area contributed by atoms with Crippen LogP contribution in [0.2, 0.25) is 10.0 Å². The highest BCUT2D eigenvalue weighted by atomic mass is 35.5. The highest BCUT2D eigenvalue weighted by Crippen LogP contribution is 2.30. The molecular formula is C15H19Cl2N3O. The van der Waals surface area contributed by atoms with Gasteiger partial charge in [0.15, 0.2) is 0 Å². The van der Waals surface area contributed by atoms with Gasteiger partial charge in [0.2, 0.25) is 0 Å². The maximum Gasteiger partial charge on any atom is 0.294 e. The topological polar surface area (TPSA) is 52.9 Å². The van der Waals surface area contributed by atoms with Gasteiger partial charge >= 0.3 is 0 Å². The van der Waals surface area contributed by atoms with Crippen molar-refractivity contribution in [1.29, 1.82) is 0 Å². The third-order valence-corrected chi connectivity index (χ3v) is 3.86. The molecule has 2 rings (SSSR count). The smallest absolute Gasteiger partial charge is 0.294 e. The minimum absolute atomic E-state index is 0.247. The Morgan fingerprint density at radius 3 is 2.33 bits per heavy atom. The van der Waals surface area contributed by atoms with Crippen molar-refractivity contribution in [3.8, 4) is 5.69 Å². The summed E-state index contributed by atoms with van der Waals surface area (Å²) in [5.41, 5.74) is 7.20. The van der Waals surface area contributed by atoms with E-state index >= 15 is 0 Å². The molecule has 0 radical (unpaired) electrons. The normalized spacial score (nSPS) is 11.9. The first-order valence-electron chi connectivity index (χ1n) is 6.75. The van der Waals surface area contributed by atoms with Crippen LogP contribution in [0.25, 0.3) is 5.69 Å². The second-order valence-electron chi connectivity index (χ2n) is 5.94. The zero-order valence-corrected chi connectivity index (χ0v) is 14.1. The van der Waals surface area contributed by atoms with Crippen LogP contribution in [0.5, 0.6) is 0 Å². The van der Waals surface area contributed by atoms with Gasteiger partial charge in [-0.25, -0.2) is 4.68 Å². The Morgan fingerprint density at radius 2 is 1.86 bits per heavy atom. The van der Waals surface area contributed by atoms with Crippen molar-refractivity contribution < 1.29 is 0 Å². The Morgan fingerprint density at radius 1 is 1.24 bits per heavy atom. The van der Waals surface area contributed by atoms with Crippen molar-refractivity contribution in [3.05, 3.63) is 44.3 Å². The van der Waals surface area contributed by atoms with Gasteiger partial charge in [-0.15, -0.1) is 0 Å². The van der Waals surface area contributed by atoms with Crippen molar-refractivity contribution in [1.82, 2.24) is 9.36 Å². The zero-order chi connectivity index (χ0) is 15.9. The third-order valence-electron chi connectivity index (χ3n) is 3.33. The number of anilines is 1. The fraction of sp³-hybridized carbons (Fsp3) is 0.400. The molecule has 1 aromatic heterocycles. The van der Waals surface area contributed by atoms with Crippen molar-refractivity contribution in [2.45, 2.75) is 39.7 Å². The number of aromatic nitrogens is 2. The molecule has 6 heteroatoms. The Balaban J connectivity index is 2.85. The summed E-state index contributed by atoms with van der Waals surface area (Å²) in [5, 5.41) is 0.938.